The number of rotatable bonds is 3. The molecule has 0 bridgehead atoms. The summed E-state index contributed by atoms with van der Waals surface area (Å²) in [7, 11) is 0. The van der Waals surface area contributed by atoms with Crippen LogP contribution in [-0.4, -0.2) is 28.7 Å². The van der Waals surface area contributed by atoms with E-state index in [1.165, 1.54) is 43.5 Å². The van der Waals surface area contributed by atoms with Crippen molar-refractivity contribution in [2.45, 2.75) is 0 Å². The molecule has 60 heavy (non-hydrogen) atoms. The first kappa shape index (κ1) is 37.9. The molecule has 288 valence electrons. The molecule has 12 rings (SSSR count). The van der Waals surface area contributed by atoms with E-state index in [1.54, 1.807) is 0 Å². The van der Waals surface area contributed by atoms with E-state index in [1.807, 2.05) is 49.1 Å². The molecule has 0 aliphatic heterocycles. The van der Waals surface area contributed by atoms with Gasteiger partial charge in [0.15, 0.2) is 0 Å². The van der Waals surface area contributed by atoms with Gasteiger partial charge in [0, 0.05) is 73.3 Å². The largest absolute Gasteiger partial charge is 0.308 e. The summed E-state index contributed by atoms with van der Waals surface area (Å²) < 4.78 is 9.72. The summed E-state index contributed by atoms with van der Waals surface area (Å²) in [5, 5.41) is 6.02. The number of hydrogen-bond donors (Lipinski definition) is 0. The fourth-order valence-electron chi connectivity index (χ4n) is 8.11. The molecule has 12 aromatic rings. The van der Waals surface area contributed by atoms with E-state index in [0.717, 1.165) is 52.7 Å². The summed E-state index contributed by atoms with van der Waals surface area (Å²) in [4.78, 5) is 13.3. The minimum Gasteiger partial charge on any atom is -0.308 e. The SMILES string of the molecule is Brc1ccnc2c3ccccc3n(-c3ccccc3)c12.Brc1cncc2c3ccccc3n(-c3ccccc3)c12.Brc1nccc2c3ccccc3n(-c3ccccc3)c12. The van der Waals surface area contributed by atoms with Gasteiger partial charge < -0.3 is 13.7 Å². The van der Waals surface area contributed by atoms with Gasteiger partial charge in [0.05, 0.1) is 43.1 Å². The van der Waals surface area contributed by atoms with Crippen LogP contribution in [0.1, 0.15) is 0 Å². The Balaban J connectivity index is 0.000000108. The fourth-order valence-corrected chi connectivity index (χ4v) is 9.61. The summed E-state index contributed by atoms with van der Waals surface area (Å²) in [6.07, 6.45) is 7.46. The maximum atomic E-state index is 4.57. The van der Waals surface area contributed by atoms with Gasteiger partial charge in [0.1, 0.15) is 4.60 Å². The topological polar surface area (TPSA) is 53.5 Å². The van der Waals surface area contributed by atoms with E-state index in [2.05, 4.69) is 228 Å². The summed E-state index contributed by atoms with van der Waals surface area (Å²) >= 11 is 10.9. The Morgan fingerprint density at radius 3 is 1.37 bits per heavy atom. The molecule has 0 aliphatic rings. The first-order chi connectivity index (χ1) is 29.6. The lowest BCUT2D eigenvalue weighted by Gasteiger charge is -2.08. The first-order valence-electron chi connectivity index (χ1n) is 19.3. The van der Waals surface area contributed by atoms with Crippen LogP contribution in [0.3, 0.4) is 0 Å². The van der Waals surface area contributed by atoms with Gasteiger partial charge in [-0.05, 0) is 115 Å². The minimum atomic E-state index is 0.870. The highest BCUT2D eigenvalue weighted by Crippen LogP contribution is 2.37. The lowest BCUT2D eigenvalue weighted by molar-refractivity contribution is 1.15. The number of aromatic nitrogens is 6. The zero-order valence-corrected chi connectivity index (χ0v) is 36.6. The van der Waals surface area contributed by atoms with Crippen molar-refractivity contribution in [3.05, 3.63) is 214 Å². The van der Waals surface area contributed by atoms with Gasteiger partial charge in [-0.15, -0.1) is 0 Å². The van der Waals surface area contributed by atoms with E-state index in [0.29, 0.717) is 0 Å². The van der Waals surface area contributed by atoms with E-state index in [9.17, 15) is 0 Å². The Bertz CT molecular complexity index is 3100. The molecule has 0 N–H and O–H groups in total. The van der Waals surface area contributed by atoms with Gasteiger partial charge in [-0.2, -0.15) is 0 Å². The average Bonchev–Trinajstić information content (AvgIpc) is 3.96. The molecule has 0 radical (unpaired) electrons. The predicted octanol–water partition coefficient (Wildman–Crippen LogP) is 14.8. The number of benzene rings is 6. The second kappa shape index (κ2) is 16.3. The zero-order valence-electron chi connectivity index (χ0n) is 31.9. The summed E-state index contributed by atoms with van der Waals surface area (Å²) in [5.74, 6) is 0. The van der Waals surface area contributed by atoms with E-state index < -0.39 is 0 Å². The average molecular weight is 970 g/mol. The highest BCUT2D eigenvalue weighted by molar-refractivity contribution is 9.11. The second-order valence-electron chi connectivity index (χ2n) is 14.1. The number of pyridine rings is 3. The van der Waals surface area contributed by atoms with Gasteiger partial charge >= 0.3 is 0 Å². The van der Waals surface area contributed by atoms with Crippen molar-refractivity contribution in [1.82, 2.24) is 28.7 Å². The quantitative estimate of drug-likeness (QED) is 0.166. The number of para-hydroxylation sites is 6. The molecule has 0 saturated carbocycles. The molecule has 0 fully saturated rings. The highest BCUT2D eigenvalue weighted by Gasteiger charge is 2.17. The summed E-state index contributed by atoms with van der Waals surface area (Å²) in [5.41, 5.74) is 11.4. The summed E-state index contributed by atoms with van der Waals surface area (Å²) in [6, 6.07) is 60.5. The number of fused-ring (bicyclic) bond motifs is 9. The molecule has 9 heteroatoms. The molecule has 0 aliphatic carbocycles. The fraction of sp³-hybridized carbons (Fsp3) is 0. The van der Waals surface area contributed by atoms with Crippen molar-refractivity contribution < 1.29 is 0 Å². The van der Waals surface area contributed by atoms with Gasteiger partial charge in [-0.1, -0.05) is 109 Å². The number of hydrogen-bond acceptors (Lipinski definition) is 3. The van der Waals surface area contributed by atoms with Crippen LogP contribution in [0.15, 0.2) is 214 Å². The van der Waals surface area contributed by atoms with Gasteiger partial charge in [-0.25, -0.2) is 4.98 Å². The van der Waals surface area contributed by atoms with E-state index >= 15 is 0 Å². The Labute approximate surface area is 370 Å². The Kier molecular flexibility index (Phi) is 10.3. The van der Waals surface area contributed by atoms with E-state index in [4.69, 9.17) is 0 Å². The van der Waals surface area contributed by atoms with Crippen LogP contribution in [0.25, 0.3) is 82.6 Å². The molecule has 6 heterocycles. The minimum absolute atomic E-state index is 0.870. The summed E-state index contributed by atoms with van der Waals surface area (Å²) in [6.45, 7) is 0. The first-order valence-corrected chi connectivity index (χ1v) is 21.7. The molecule has 6 aromatic heterocycles. The van der Waals surface area contributed by atoms with Crippen molar-refractivity contribution in [2.24, 2.45) is 0 Å². The third kappa shape index (κ3) is 6.69. The van der Waals surface area contributed by atoms with Crippen LogP contribution in [0.5, 0.6) is 0 Å². The molecule has 0 atom stereocenters. The highest BCUT2D eigenvalue weighted by atomic mass is 79.9. The molecule has 6 nitrogen and oxygen atoms in total. The molecular formula is C51H33Br3N6. The molecule has 6 aromatic carbocycles. The van der Waals surface area contributed by atoms with Crippen LogP contribution in [0, 0.1) is 0 Å². The van der Waals surface area contributed by atoms with Crippen LogP contribution < -0.4 is 0 Å². The van der Waals surface area contributed by atoms with Gasteiger partial charge in [0.2, 0.25) is 0 Å². The molecule has 0 amide bonds. The second-order valence-corrected chi connectivity index (χ2v) is 16.5. The predicted molar refractivity (Wildman–Crippen MR) is 259 cm³/mol. The van der Waals surface area contributed by atoms with Gasteiger partial charge in [-0.3, -0.25) is 9.97 Å². The van der Waals surface area contributed by atoms with Crippen LogP contribution in [0.2, 0.25) is 0 Å². The monoisotopic (exact) mass is 966 g/mol. The van der Waals surface area contributed by atoms with Crippen LogP contribution in [0.4, 0.5) is 0 Å². The van der Waals surface area contributed by atoms with Crippen molar-refractivity contribution in [3.8, 4) is 17.1 Å². The lowest BCUT2D eigenvalue weighted by Crippen LogP contribution is -1.94. The Morgan fingerprint density at radius 2 is 0.783 bits per heavy atom. The van der Waals surface area contributed by atoms with Crippen molar-refractivity contribution in [1.29, 1.82) is 0 Å². The lowest BCUT2D eigenvalue weighted by atomic mass is 10.2. The maximum Gasteiger partial charge on any atom is 0.130 e. The smallest absolute Gasteiger partial charge is 0.130 e. The van der Waals surface area contributed by atoms with Gasteiger partial charge in [0.25, 0.3) is 0 Å². The third-order valence-corrected chi connectivity index (χ3v) is 12.4. The van der Waals surface area contributed by atoms with Crippen molar-refractivity contribution in [2.75, 3.05) is 0 Å². The molecule has 0 spiro atoms. The normalized spacial score (nSPS) is 11.2. The number of halogens is 3. The van der Waals surface area contributed by atoms with Crippen molar-refractivity contribution >= 4 is 113 Å². The molecular weight excluding hydrogens is 936 g/mol. The van der Waals surface area contributed by atoms with Crippen molar-refractivity contribution in [3.63, 3.8) is 0 Å². The zero-order chi connectivity index (χ0) is 40.6. The molecule has 0 saturated heterocycles. The standard InChI is InChI=1S/3C17H11BrN2/c18-15-11-19-10-14-13-8-4-5-9-16(13)20(17(14)15)12-6-2-1-3-7-12;18-14-10-11-19-16-13-8-4-5-9-15(13)20(17(14)16)12-6-2-1-3-7-12;18-17-16-14(10-11-19-17)13-8-4-5-9-15(13)20(16)12-6-2-1-3-7-12/h3*1-11H. The molecule has 0 unspecified atom stereocenters. The van der Waals surface area contributed by atoms with Crippen LogP contribution in [-0.2, 0) is 0 Å². The van der Waals surface area contributed by atoms with Crippen LogP contribution >= 0.6 is 47.8 Å². The Hall–Kier alpha value is -6.39. The van der Waals surface area contributed by atoms with E-state index in [-0.39, 0.29) is 0 Å². The maximum absolute atomic E-state index is 4.57. The Morgan fingerprint density at radius 1 is 0.333 bits per heavy atom. The number of nitrogens with zero attached hydrogens (tertiary/aromatic N) is 6. The third-order valence-electron chi connectivity index (χ3n) is 10.6.